The lowest BCUT2D eigenvalue weighted by atomic mass is 9.80. The van der Waals surface area contributed by atoms with E-state index in [1.165, 1.54) is 0 Å². The molecule has 2 heterocycles. The number of aromatic hydroxyl groups is 1. The minimum absolute atomic E-state index is 0.0197. The van der Waals surface area contributed by atoms with Crippen LogP contribution in [0.4, 0.5) is 0 Å². The molecular weight excluding hydrogens is 779 g/mol. The quantitative estimate of drug-likeness (QED) is 0.157. The summed E-state index contributed by atoms with van der Waals surface area (Å²) in [6.07, 6.45) is -0.576. The second kappa shape index (κ2) is 17.0. The number of hydrogen-bond acceptors (Lipinski definition) is 3. The minimum atomic E-state index is -2.97. The summed E-state index contributed by atoms with van der Waals surface area (Å²) in [6, 6.07) is 26.0. The van der Waals surface area contributed by atoms with Crippen LogP contribution in [0.1, 0.15) is 149 Å². The van der Waals surface area contributed by atoms with Crippen LogP contribution in [0.25, 0.3) is 72.7 Å². The smallest absolute Gasteiger partial charge is 0.149 e. The van der Waals surface area contributed by atoms with Crippen LogP contribution in [0, 0.1) is 6.85 Å². The molecule has 0 spiro atoms. The monoisotopic (exact) mass is 855 g/mol. The van der Waals surface area contributed by atoms with Crippen molar-refractivity contribution in [2.75, 3.05) is 0 Å². The molecule has 0 bridgehead atoms. The van der Waals surface area contributed by atoms with Crippen molar-refractivity contribution in [2.24, 2.45) is 0 Å². The van der Waals surface area contributed by atoms with Gasteiger partial charge in [0.1, 0.15) is 11.6 Å². The van der Waals surface area contributed by atoms with E-state index in [9.17, 15) is 7.85 Å². The Morgan fingerprint density at radius 1 is 0.641 bits per heavy atom. The number of imidazole rings is 1. The lowest BCUT2D eigenvalue weighted by Gasteiger charge is -2.25. The Morgan fingerprint density at radius 3 is 2.03 bits per heavy atom. The summed E-state index contributed by atoms with van der Waals surface area (Å²) < 4.78 is 97.9. The van der Waals surface area contributed by atoms with Crippen molar-refractivity contribution < 1.29 is 20.2 Å². The first kappa shape index (κ1) is 32.4. The lowest BCUT2D eigenvalue weighted by molar-refractivity contribution is 0.466. The van der Waals surface area contributed by atoms with Crippen LogP contribution in [0.15, 0.2) is 133 Å². The second-order valence-electron chi connectivity index (χ2n) is 19.8. The van der Waals surface area contributed by atoms with Gasteiger partial charge in [-0.2, -0.15) is 0 Å². The van der Waals surface area contributed by atoms with Crippen LogP contribution in [0.5, 0.6) is 5.75 Å². The zero-order valence-electron chi connectivity index (χ0n) is 50.1. The maximum atomic E-state index is 12.4. The Morgan fingerprint density at radius 2 is 1.36 bits per heavy atom. The van der Waals surface area contributed by atoms with Gasteiger partial charge in [-0.05, 0) is 140 Å². The molecule has 64 heavy (non-hydrogen) atoms. The van der Waals surface area contributed by atoms with Crippen LogP contribution in [-0.2, 0) is 10.8 Å². The highest BCUT2D eigenvalue weighted by molar-refractivity contribution is 5.97. The van der Waals surface area contributed by atoms with Crippen LogP contribution >= 0.6 is 0 Å². The number of hydrogen-bond donors (Lipinski definition) is 1. The molecule has 6 aromatic carbocycles. The number of aromatic nitrogens is 3. The number of phenols is 1. The average molecular weight is 855 g/mol. The molecule has 0 aliphatic carbocycles. The number of para-hydroxylation sites is 1. The van der Waals surface area contributed by atoms with Crippen LogP contribution in [-0.4, -0.2) is 19.6 Å². The summed E-state index contributed by atoms with van der Waals surface area (Å²) >= 11 is 0. The van der Waals surface area contributed by atoms with Crippen molar-refractivity contribution in [3.8, 4) is 67.5 Å². The molecule has 0 amide bonds. The molecule has 8 aromatic rings. The molecule has 2 aromatic heterocycles. The summed E-state index contributed by atoms with van der Waals surface area (Å²) in [5, 5.41) is 12.4. The van der Waals surface area contributed by atoms with Crippen molar-refractivity contribution >= 4 is 11.0 Å². The van der Waals surface area contributed by atoms with Crippen molar-refractivity contribution in [2.45, 2.75) is 118 Å². The largest absolute Gasteiger partial charge is 0.507 e. The lowest BCUT2D eigenvalue weighted by Crippen LogP contribution is -2.13. The van der Waals surface area contributed by atoms with Gasteiger partial charge < -0.3 is 5.11 Å². The van der Waals surface area contributed by atoms with Gasteiger partial charge in [-0.3, -0.25) is 9.55 Å². The van der Waals surface area contributed by atoms with Gasteiger partial charge in [-0.25, -0.2) is 4.98 Å². The van der Waals surface area contributed by atoms with Crippen molar-refractivity contribution in [3.63, 3.8) is 0 Å². The van der Waals surface area contributed by atoms with E-state index in [4.69, 9.17) is 17.3 Å². The first-order chi connectivity index (χ1) is 34.7. The summed E-state index contributed by atoms with van der Waals surface area (Å²) in [5.41, 5.74) is 8.54. The minimum Gasteiger partial charge on any atom is -0.507 e. The standard InChI is InChI=1S/C60H65N3O/c1-36(2)42-32-51(38(5)6)57(64)52(33-42)58-62-56-47(43-29-44(31-45(30-43)59(8,9)10)54-34-41(27-28-61-54)40-23-21-39(7)22-24-40)18-16-20-55(56)63(58)46-25-26-48(50(35-46)37(3)4)49-17-14-15-19-53(49)60(11,12)13/h14-38,64H,1-13H3/i7D3,21D,22D,23D,24D,27D,28D,34D,37D. The van der Waals surface area contributed by atoms with Gasteiger partial charge in [0.2, 0.25) is 0 Å². The number of phenolic OH excluding ortho intramolecular Hbond substituents is 1. The topological polar surface area (TPSA) is 50.9 Å². The van der Waals surface area contributed by atoms with E-state index < -0.39 is 71.7 Å². The molecule has 0 aliphatic rings. The van der Waals surface area contributed by atoms with Crippen LogP contribution in [0.3, 0.4) is 0 Å². The third-order valence-corrected chi connectivity index (χ3v) is 12.1. The van der Waals surface area contributed by atoms with E-state index in [1.807, 2.05) is 95.3 Å². The number of pyridine rings is 1. The highest BCUT2D eigenvalue weighted by Crippen LogP contribution is 2.45. The highest BCUT2D eigenvalue weighted by Gasteiger charge is 2.26. The fourth-order valence-electron chi connectivity index (χ4n) is 8.46. The molecule has 8 rings (SSSR count). The molecule has 0 unspecified atom stereocenters. The number of benzene rings is 6. The molecule has 326 valence electrons. The fourth-order valence-corrected chi connectivity index (χ4v) is 8.46. The normalized spacial score (nSPS) is 15.1. The average Bonchev–Trinajstić information content (AvgIpc) is 3.71. The second-order valence-corrected chi connectivity index (χ2v) is 19.8. The van der Waals surface area contributed by atoms with E-state index in [2.05, 4.69) is 88.3 Å². The summed E-state index contributed by atoms with van der Waals surface area (Å²) in [6.45, 7) is 21.8. The molecule has 0 saturated heterocycles. The fraction of sp³-hybridized carbons (Fsp3) is 0.300. The highest BCUT2D eigenvalue weighted by atomic mass is 16.3. The zero-order valence-corrected chi connectivity index (χ0v) is 39.1. The maximum Gasteiger partial charge on any atom is 0.149 e. The number of rotatable bonds is 9. The Balaban J connectivity index is 1.45. The first-order valence-corrected chi connectivity index (χ1v) is 22.1. The number of nitrogens with zero attached hydrogens (tertiary/aromatic N) is 3. The van der Waals surface area contributed by atoms with Gasteiger partial charge in [-0.1, -0.05) is 167 Å². The molecule has 0 aliphatic heterocycles. The molecule has 4 nitrogen and oxygen atoms in total. The van der Waals surface area contributed by atoms with Crippen LogP contribution in [0.2, 0.25) is 0 Å². The predicted molar refractivity (Wildman–Crippen MR) is 272 cm³/mol. The van der Waals surface area contributed by atoms with Gasteiger partial charge in [0.05, 0.1) is 31.9 Å². The molecule has 0 saturated carbocycles. The molecule has 0 fully saturated rings. The Bertz CT molecular complexity index is 3560. The van der Waals surface area contributed by atoms with Gasteiger partial charge in [0.15, 0.2) is 0 Å². The molecule has 0 radical (unpaired) electrons. The third kappa shape index (κ3) is 8.55. The molecular formula is C60H65N3O. The molecule has 1 N–H and O–H groups in total. The molecule has 4 heteroatoms. The van der Waals surface area contributed by atoms with E-state index >= 15 is 0 Å². The summed E-state index contributed by atoms with van der Waals surface area (Å²) in [7, 11) is 0. The van der Waals surface area contributed by atoms with E-state index in [0.717, 1.165) is 44.6 Å². The predicted octanol–water partition coefficient (Wildman–Crippen LogP) is 16.7. The van der Waals surface area contributed by atoms with Crippen molar-refractivity contribution in [1.82, 2.24) is 14.5 Å². The Kier molecular flexibility index (Phi) is 8.62. The molecule has 0 atom stereocenters. The maximum absolute atomic E-state index is 12.4. The Labute approximate surface area is 397 Å². The summed E-state index contributed by atoms with van der Waals surface area (Å²) in [5.74, 6) is -0.351. The zero-order chi connectivity index (χ0) is 55.3. The SMILES string of the molecule is [2H]c1nc(-c2cc(-c3cccc4c3nc(-c3cc(C(C)C)cc(C(C)C)c3O)n4-c3ccc(-c4ccccc4C(C)(C)C)c(C([2H])(C)C)c3)cc(C(C)(C)C)c2)c([2H])c(-c2c([2H])c([2H])c(C([2H])([2H])[2H])c([2H])c2[2H])c1[2H]. The van der Waals surface area contributed by atoms with Gasteiger partial charge in [0, 0.05) is 28.5 Å². The first-order valence-electron chi connectivity index (χ1n) is 27.6. The van der Waals surface area contributed by atoms with E-state index in [0.29, 0.717) is 39.1 Å². The Hall–Kier alpha value is -6.26. The number of fused-ring (bicyclic) bond motifs is 1. The van der Waals surface area contributed by atoms with Crippen LogP contribution < -0.4 is 0 Å². The van der Waals surface area contributed by atoms with E-state index in [1.54, 1.807) is 0 Å². The van der Waals surface area contributed by atoms with Crippen molar-refractivity contribution in [1.29, 1.82) is 0 Å². The third-order valence-electron chi connectivity index (χ3n) is 12.1. The van der Waals surface area contributed by atoms with Crippen molar-refractivity contribution in [3.05, 3.63) is 167 Å². The van der Waals surface area contributed by atoms with E-state index in [-0.39, 0.29) is 34.3 Å². The van der Waals surface area contributed by atoms with Gasteiger partial charge >= 0.3 is 0 Å². The summed E-state index contributed by atoms with van der Waals surface area (Å²) in [4.78, 5) is 9.96. The van der Waals surface area contributed by atoms with Gasteiger partial charge in [-0.15, -0.1) is 0 Å². The van der Waals surface area contributed by atoms with Gasteiger partial charge in [0.25, 0.3) is 0 Å².